The Morgan fingerprint density at radius 3 is 2.65 bits per heavy atom. The Kier molecular flexibility index (Phi) is 4.71. The molecular weight excluding hydrogens is 252 g/mol. The van der Waals surface area contributed by atoms with Crippen LogP contribution in [0.25, 0.3) is 0 Å². The number of hydrogen-bond acceptors (Lipinski definition) is 2. The SMILES string of the molecule is CC(CCc1ccccc1)NC(=O)c1ccc[nH]c1=O. The normalized spacial score (nSPS) is 11.8. The number of aryl methyl sites for hydroxylation is 1. The summed E-state index contributed by atoms with van der Waals surface area (Å²) in [6.45, 7) is 1.94. The summed E-state index contributed by atoms with van der Waals surface area (Å²) >= 11 is 0. The molecule has 0 aliphatic heterocycles. The molecule has 0 radical (unpaired) electrons. The Hall–Kier alpha value is -2.36. The smallest absolute Gasteiger partial charge is 0.260 e. The van der Waals surface area contributed by atoms with E-state index >= 15 is 0 Å². The number of carbonyl (C=O) groups is 1. The van der Waals surface area contributed by atoms with Gasteiger partial charge in [0.2, 0.25) is 0 Å². The molecule has 0 spiro atoms. The number of pyridine rings is 1. The van der Waals surface area contributed by atoms with E-state index in [4.69, 9.17) is 0 Å². The third kappa shape index (κ3) is 3.82. The molecule has 4 nitrogen and oxygen atoms in total. The van der Waals surface area contributed by atoms with Crippen molar-refractivity contribution in [3.63, 3.8) is 0 Å². The van der Waals surface area contributed by atoms with Crippen molar-refractivity contribution < 1.29 is 4.79 Å². The van der Waals surface area contributed by atoms with Crippen molar-refractivity contribution in [2.75, 3.05) is 0 Å². The van der Waals surface area contributed by atoms with Gasteiger partial charge < -0.3 is 10.3 Å². The number of nitrogens with one attached hydrogen (secondary N) is 2. The number of benzene rings is 1. The average Bonchev–Trinajstić information content (AvgIpc) is 2.46. The topological polar surface area (TPSA) is 62.0 Å². The van der Waals surface area contributed by atoms with E-state index in [0.29, 0.717) is 0 Å². The molecule has 2 rings (SSSR count). The fraction of sp³-hybridized carbons (Fsp3) is 0.250. The van der Waals surface area contributed by atoms with Gasteiger partial charge >= 0.3 is 0 Å². The molecule has 1 atom stereocenters. The zero-order chi connectivity index (χ0) is 14.4. The summed E-state index contributed by atoms with van der Waals surface area (Å²) in [6.07, 6.45) is 3.24. The van der Waals surface area contributed by atoms with Gasteiger partial charge in [-0.2, -0.15) is 0 Å². The number of aromatic nitrogens is 1. The number of H-pyrrole nitrogens is 1. The molecule has 1 amide bonds. The average molecular weight is 270 g/mol. The highest BCUT2D eigenvalue weighted by atomic mass is 16.2. The Balaban J connectivity index is 1.89. The monoisotopic (exact) mass is 270 g/mol. The Bertz CT molecular complexity index is 620. The summed E-state index contributed by atoms with van der Waals surface area (Å²) in [7, 11) is 0. The first kappa shape index (κ1) is 14.1. The minimum atomic E-state index is -0.361. The van der Waals surface area contributed by atoms with Crippen LogP contribution in [-0.4, -0.2) is 16.9 Å². The maximum Gasteiger partial charge on any atom is 0.260 e. The zero-order valence-corrected chi connectivity index (χ0v) is 11.4. The van der Waals surface area contributed by atoms with Crippen LogP contribution in [0.2, 0.25) is 0 Å². The van der Waals surface area contributed by atoms with Gasteiger partial charge in [0.15, 0.2) is 0 Å². The second-order valence-electron chi connectivity index (χ2n) is 4.81. The van der Waals surface area contributed by atoms with E-state index in [1.807, 2.05) is 25.1 Å². The first-order valence-corrected chi connectivity index (χ1v) is 6.69. The van der Waals surface area contributed by atoms with Gasteiger partial charge in [0.05, 0.1) is 0 Å². The van der Waals surface area contributed by atoms with Crippen LogP contribution in [0.5, 0.6) is 0 Å². The van der Waals surface area contributed by atoms with Crippen LogP contribution in [0.15, 0.2) is 53.5 Å². The lowest BCUT2D eigenvalue weighted by Gasteiger charge is -2.13. The summed E-state index contributed by atoms with van der Waals surface area (Å²) in [5, 5.41) is 2.85. The quantitative estimate of drug-likeness (QED) is 0.874. The third-order valence-electron chi connectivity index (χ3n) is 3.15. The van der Waals surface area contributed by atoms with Crippen molar-refractivity contribution in [3.05, 3.63) is 70.1 Å². The van der Waals surface area contributed by atoms with Gasteiger partial charge in [0, 0.05) is 12.2 Å². The van der Waals surface area contributed by atoms with Crippen molar-refractivity contribution in [1.82, 2.24) is 10.3 Å². The summed E-state index contributed by atoms with van der Waals surface area (Å²) in [5.74, 6) is -0.326. The van der Waals surface area contributed by atoms with E-state index in [9.17, 15) is 9.59 Å². The van der Waals surface area contributed by atoms with E-state index in [2.05, 4.69) is 22.4 Å². The molecule has 1 unspecified atom stereocenters. The second kappa shape index (κ2) is 6.70. The Morgan fingerprint density at radius 1 is 1.20 bits per heavy atom. The highest BCUT2D eigenvalue weighted by molar-refractivity contribution is 5.93. The van der Waals surface area contributed by atoms with Crippen LogP contribution in [-0.2, 0) is 6.42 Å². The maximum absolute atomic E-state index is 12.0. The van der Waals surface area contributed by atoms with Crippen molar-refractivity contribution in [2.24, 2.45) is 0 Å². The van der Waals surface area contributed by atoms with Crippen LogP contribution in [0.1, 0.15) is 29.3 Å². The van der Waals surface area contributed by atoms with E-state index < -0.39 is 0 Å². The predicted octanol–water partition coefficient (Wildman–Crippen LogP) is 2.13. The highest BCUT2D eigenvalue weighted by Crippen LogP contribution is 2.05. The lowest BCUT2D eigenvalue weighted by molar-refractivity contribution is 0.0937. The van der Waals surface area contributed by atoms with Gasteiger partial charge in [-0.3, -0.25) is 9.59 Å². The molecular formula is C16H18N2O2. The molecule has 0 saturated carbocycles. The first-order chi connectivity index (χ1) is 9.66. The molecule has 0 saturated heterocycles. The molecule has 2 aromatic rings. The summed E-state index contributed by atoms with van der Waals surface area (Å²) in [6, 6.07) is 13.3. The molecule has 20 heavy (non-hydrogen) atoms. The maximum atomic E-state index is 12.0. The molecule has 0 bridgehead atoms. The van der Waals surface area contributed by atoms with Gasteiger partial charge in [-0.25, -0.2) is 0 Å². The molecule has 1 heterocycles. The van der Waals surface area contributed by atoms with Crippen LogP contribution >= 0.6 is 0 Å². The summed E-state index contributed by atoms with van der Waals surface area (Å²) in [4.78, 5) is 26.0. The molecule has 0 aliphatic rings. The lowest BCUT2D eigenvalue weighted by atomic mass is 10.1. The number of aromatic amines is 1. The van der Waals surface area contributed by atoms with E-state index in [1.54, 1.807) is 6.07 Å². The van der Waals surface area contributed by atoms with Gasteiger partial charge in [0.1, 0.15) is 5.56 Å². The molecule has 1 aromatic carbocycles. The summed E-state index contributed by atoms with van der Waals surface area (Å²) < 4.78 is 0. The van der Waals surface area contributed by atoms with Crippen molar-refractivity contribution in [2.45, 2.75) is 25.8 Å². The van der Waals surface area contributed by atoms with Crippen LogP contribution in [0, 0.1) is 0 Å². The molecule has 4 heteroatoms. The predicted molar refractivity (Wildman–Crippen MR) is 78.8 cm³/mol. The molecule has 0 aliphatic carbocycles. The number of hydrogen-bond donors (Lipinski definition) is 2. The van der Waals surface area contributed by atoms with E-state index in [0.717, 1.165) is 12.8 Å². The molecule has 1 aromatic heterocycles. The van der Waals surface area contributed by atoms with Crippen molar-refractivity contribution in [3.8, 4) is 0 Å². The first-order valence-electron chi connectivity index (χ1n) is 6.69. The molecule has 0 fully saturated rings. The molecule has 2 N–H and O–H groups in total. The minimum absolute atomic E-state index is 0.0160. The lowest BCUT2D eigenvalue weighted by Crippen LogP contribution is -2.36. The number of amides is 1. The van der Waals surface area contributed by atoms with Crippen molar-refractivity contribution >= 4 is 5.91 Å². The van der Waals surface area contributed by atoms with Crippen LogP contribution < -0.4 is 10.9 Å². The standard InChI is InChI=1S/C16H18N2O2/c1-12(9-10-13-6-3-2-4-7-13)18-16(20)14-8-5-11-17-15(14)19/h2-8,11-12H,9-10H2,1H3,(H,17,19)(H,18,20). The van der Waals surface area contributed by atoms with Crippen LogP contribution in [0.3, 0.4) is 0 Å². The number of rotatable bonds is 5. The zero-order valence-electron chi connectivity index (χ0n) is 11.4. The Morgan fingerprint density at radius 2 is 1.95 bits per heavy atom. The molecule has 104 valence electrons. The van der Waals surface area contributed by atoms with E-state index in [1.165, 1.54) is 17.8 Å². The second-order valence-corrected chi connectivity index (χ2v) is 4.81. The third-order valence-corrected chi connectivity index (χ3v) is 3.15. The summed E-state index contributed by atoms with van der Waals surface area (Å²) in [5.41, 5.74) is 1.03. The largest absolute Gasteiger partial charge is 0.349 e. The Labute approximate surface area is 117 Å². The van der Waals surface area contributed by atoms with E-state index in [-0.39, 0.29) is 23.1 Å². The van der Waals surface area contributed by atoms with Crippen molar-refractivity contribution in [1.29, 1.82) is 0 Å². The fourth-order valence-corrected chi connectivity index (χ4v) is 2.00. The van der Waals surface area contributed by atoms with Gasteiger partial charge in [-0.15, -0.1) is 0 Å². The van der Waals surface area contributed by atoms with Gasteiger partial charge in [-0.1, -0.05) is 30.3 Å². The highest BCUT2D eigenvalue weighted by Gasteiger charge is 2.12. The minimum Gasteiger partial charge on any atom is -0.349 e. The van der Waals surface area contributed by atoms with Gasteiger partial charge in [0.25, 0.3) is 11.5 Å². The van der Waals surface area contributed by atoms with Gasteiger partial charge in [-0.05, 0) is 37.5 Å². The van der Waals surface area contributed by atoms with Crippen LogP contribution in [0.4, 0.5) is 0 Å². The number of carbonyl (C=O) groups excluding carboxylic acids is 1. The fourth-order valence-electron chi connectivity index (χ4n) is 2.00.